The topological polar surface area (TPSA) is 66.8 Å². The number of aliphatic hydroxyl groups is 1. The second-order valence-corrected chi connectivity index (χ2v) is 7.37. The van der Waals surface area contributed by atoms with Crippen LogP contribution in [0.1, 0.15) is 27.9 Å². The van der Waals surface area contributed by atoms with Crippen molar-refractivity contribution >= 4 is 17.4 Å². The zero-order chi connectivity index (χ0) is 21.1. The van der Waals surface area contributed by atoms with Crippen LogP contribution in [0.15, 0.2) is 78.9 Å². The van der Waals surface area contributed by atoms with E-state index in [9.17, 15) is 14.7 Å². The highest BCUT2D eigenvalue weighted by Crippen LogP contribution is 2.43. The molecule has 4 rings (SSSR count). The van der Waals surface area contributed by atoms with Crippen molar-refractivity contribution in [3.05, 3.63) is 95.6 Å². The maximum absolute atomic E-state index is 13.3. The molecule has 1 atom stereocenters. The van der Waals surface area contributed by atoms with E-state index >= 15 is 0 Å². The lowest BCUT2D eigenvalue weighted by Crippen LogP contribution is -2.42. The molecule has 5 nitrogen and oxygen atoms in total. The first-order valence-corrected chi connectivity index (χ1v) is 9.88. The van der Waals surface area contributed by atoms with Crippen LogP contribution in [0.3, 0.4) is 0 Å². The monoisotopic (exact) mass is 401 g/mol. The van der Waals surface area contributed by atoms with Crippen LogP contribution in [0.5, 0.6) is 5.75 Å². The number of ketones is 1. The van der Waals surface area contributed by atoms with E-state index in [4.69, 9.17) is 4.74 Å². The van der Waals surface area contributed by atoms with Gasteiger partial charge in [-0.1, -0.05) is 60.7 Å². The Morgan fingerprint density at radius 2 is 1.63 bits per heavy atom. The number of nitrogens with zero attached hydrogens (tertiary/aromatic N) is 1. The average molecular weight is 401 g/mol. The molecule has 5 heteroatoms. The van der Waals surface area contributed by atoms with Gasteiger partial charge in [-0.15, -0.1) is 0 Å². The van der Waals surface area contributed by atoms with Crippen LogP contribution in [0.25, 0.3) is 0 Å². The van der Waals surface area contributed by atoms with E-state index in [1.54, 1.807) is 41.3 Å². The SMILES string of the molecule is COc1ccccc1C(=O)C[C@]1(O)C(=O)N(CCc2ccccc2)c2ccccc21. The van der Waals surface area contributed by atoms with Gasteiger partial charge >= 0.3 is 0 Å². The number of carbonyl (C=O) groups is 2. The Morgan fingerprint density at radius 1 is 0.967 bits per heavy atom. The van der Waals surface area contributed by atoms with E-state index in [2.05, 4.69) is 0 Å². The fourth-order valence-electron chi connectivity index (χ4n) is 3.99. The molecule has 0 bridgehead atoms. The average Bonchev–Trinajstić information content (AvgIpc) is 2.99. The fourth-order valence-corrected chi connectivity index (χ4v) is 3.99. The summed E-state index contributed by atoms with van der Waals surface area (Å²) in [7, 11) is 1.49. The lowest BCUT2D eigenvalue weighted by Gasteiger charge is -2.23. The maximum atomic E-state index is 13.3. The normalized spacial score (nSPS) is 17.7. The van der Waals surface area contributed by atoms with E-state index in [0.29, 0.717) is 35.5 Å². The smallest absolute Gasteiger partial charge is 0.264 e. The van der Waals surface area contributed by atoms with Crippen LogP contribution in [-0.4, -0.2) is 30.5 Å². The first-order chi connectivity index (χ1) is 14.5. The molecule has 1 aliphatic heterocycles. The van der Waals surface area contributed by atoms with Gasteiger partial charge in [0.05, 0.1) is 24.8 Å². The minimum absolute atomic E-state index is 0.342. The second kappa shape index (κ2) is 8.13. The number of ether oxygens (including phenoxy) is 1. The number of benzene rings is 3. The summed E-state index contributed by atoms with van der Waals surface area (Å²) in [6.45, 7) is 0.422. The van der Waals surface area contributed by atoms with Crippen molar-refractivity contribution in [3.8, 4) is 5.75 Å². The molecular formula is C25H23NO4. The quantitative estimate of drug-likeness (QED) is 0.613. The molecular weight excluding hydrogens is 378 g/mol. The lowest BCUT2D eigenvalue weighted by molar-refractivity contribution is -0.135. The van der Waals surface area contributed by atoms with E-state index in [1.165, 1.54) is 7.11 Å². The van der Waals surface area contributed by atoms with Crippen molar-refractivity contribution in [2.24, 2.45) is 0 Å². The number of hydrogen-bond acceptors (Lipinski definition) is 4. The Bertz CT molecular complexity index is 1080. The van der Waals surface area contributed by atoms with Crippen molar-refractivity contribution in [2.45, 2.75) is 18.4 Å². The summed E-state index contributed by atoms with van der Waals surface area (Å²) in [5.74, 6) is -0.392. The molecule has 1 N–H and O–H groups in total. The number of Topliss-reactive ketones (excluding diaryl/α,β-unsaturated/α-hetero) is 1. The Kier molecular flexibility index (Phi) is 5.38. The Morgan fingerprint density at radius 3 is 2.40 bits per heavy atom. The largest absolute Gasteiger partial charge is 0.496 e. The van der Waals surface area contributed by atoms with Gasteiger partial charge in [0, 0.05) is 12.1 Å². The van der Waals surface area contributed by atoms with Crippen LogP contribution in [0, 0.1) is 0 Å². The van der Waals surface area contributed by atoms with Gasteiger partial charge in [-0.05, 0) is 30.2 Å². The summed E-state index contributed by atoms with van der Waals surface area (Å²) in [5, 5.41) is 11.4. The predicted molar refractivity (Wildman–Crippen MR) is 115 cm³/mol. The first kappa shape index (κ1) is 19.9. The van der Waals surface area contributed by atoms with E-state index in [0.717, 1.165) is 5.56 Å². The van der Waals surface area contributed by atoms with Crippen molar-refractivity contribution in [3.63, 3.8) is 0 Å². The molecule has 1 heterocycles. The van der Waals surface area contributed by atoms with Crippen molar-refractivity contribution in [2.75, 3.05) is 18.6 Å². The molecule has 30 heavy (non-hydrogen) atoms. The van der Waals surface area contributed by atoms with Gasteiger partial charge in [0.2, 0.25) is 0 Å². The third kappa shape index (κ3) is 3.48. The maximum Gasteiger partial charge on any atom is 0.264 e. The van der Waals surface area contributed by atoms with Crippen molar-refractivity contribution in [1.29, 1.82) is 0 Å². The van der Waals surface area contributed by atoms with Crippen LogP contribution in [0.2, 0.25) is 0 Å². The van der Waals surface area contributed by atoms with Crippen LogP contribution in [-0.2, 0) is 16.8 Å². The molecule has 0 unspecified atom stereocenters. The molecule has 0 aromatic heterocycles. The number of amides is 1. The lowest BCUT2D eigenvalue weighted by atomic mass is 9.88. The molecule has 0 fully saturated rings. The number of para-hydroxylation sites is 2. The third-order valence-electron chi connectivity index (χ3n) is 5.53. The van der Waals surface area contributed by atoms with Gasteiger partial charge in [-0.2, -0.15) is 0 Å². The molecule has 1 aliphatic rings. The highest BCUT2D eigenvalue weighted by atomic mass is 16.5. The number of hydrogen-bond donors (Lipinski definition) is 1. The van der Waals surface area contributed by atoms with Gasteiger partial charge < -0.3 is 14.7 Å². The van der Waals surface area contributed by atoms with E-state index in [1.807, 2.05) is 42.5 Å². The zero-order valence-electron chi connectivity index (χ0n) is 16.7. The first-order valence-electron chi connectivity index (χ1n) is 9.88. The van der Waals surface area contributed by atoms with E-state index < -0.39 is 11.5 Å². The summed E-state index contributed by atoms with van der Waals surface area (Å²) in [6.07, 6.45) is 0.308. The van der Waals surface area contributed by atoms with E-state index in [-0.39, 0.29) is 12.2 Å². The minimum Gasteiger partial charge on any atom is -0.496 e. The molecule has 0 spiro atoms. The molecule has 0 radical (unpaired) electrons. The molecule has 152 valence electrons. The molecule has 0 saturated heterocycles. The Labute approximate surface area is 175 Å². The van der Waals surface area contributed by atoms with Gasteiger partial charge in [0.1, 0.15) is 5.75 Å². The molecule has 1 amide bonds. The number of carbonyl (C=O) groups excluding carboxylic acids is 2. The van der Waals surface area contributed by atoms with Gasteiger partial charge in [-0.25, -0.2) is 0 Å². The highest BCUT2D eigenvalue weighted by molar-refractivity contribution is 6.11. The van der Waals surface area contributed by atoms with Gasteiger partial charge in [0.15, 0.2) is 11.4 Å². The Hall–Kier alpha value is -3.44. The third-order valence-corrected chi connectivity index (χ3v) is 5.53. The minimum atomic E-state index is -1.90. The molecule has 3 aromatic rings. The molecule has 3 aromatic carbocycles. The summed E-state index contributed by atoms with van der Waals surface area (Å²) >= 11 is 0. The standard InChI is InChI=1S/C25H23NO4/c1-30-23-14-8-5-11-19(23)22(27)17-25(29)20-12-6-7-13-21(20)26(24(25)28)16-15-18-9-3-2-4-10-18/h2-14,29H,15-17H2,1H3/t25-/m1/s1. The fraction of sp³-hybridized carbons (Fsp3) is 0.200. The van der Waals surface area contributed by atoms with Gasteiger partial charge in [0.25, 0.3) is 5.91 Å². The van der Waals surface area contributed by atoms with Crippen molar-refractivity contribution < 1.29 is 19.4 Å². The number of rotatable bonds is 7. The summed E-state index contributed by atoms with van der Waals surface area (Å²) in [6, 6.07) is 23.8. The Balaban J connectivity index is 1.63. The van der Waals surface area contributed by atoms with Crippen LogP contribution >= 0.6 is 0 Å². The van der Waals surface area contributed by atoms with Gasteiger partial charge in [-0.3, -0.25) is 9.59 Å². The molecule has 0 aliphatic carbocycles. The summed E-state index contributed by atoms with van der Waals surface area (Å²) < 4.78 is 5.27. The predicted octanol–water partition coefficient (Wildman–Crippen LogP) is 3.75. The summed E-state index contributed by atoms with van der Waals surface area (Å²) in [4.78, 5) is 27.9. The van der Waals surface area contributed by atoms with Crippen LogP contribution in [0.4, 0.5) is 5.69 Å². The zero-order valence-corrected chi connectivity index (χ0v) is 16.7. The molecule has 0 saturated carbocycles. The highest BCUT2D eigenvalue weighted by Gasteiger charge is 2.50. The number of methoxy groups -OCH3 is 1. The number of fused-ring (bicyclic) bond motifs is 1. The summed E-state index contributed by atoms with van der Waals surface area (Å²) in [5.41, 5.74) is 0.662. The number of anilines is 1. The second-order valence-electron chi connectivity index (χ2n) is 7.37. The van der Waals surface area contributed by atoms with Crippen molar-refractivity contribution in [1.82, 2.24) is 0 Å². The van der Waals surface area contributed by atoms with Crippen LogP contribution < -0.4 is 9.64 Å².